The van der Waals surface area contributed by atoms with Gasteiger partial charge in [0.1, 0.15) is 0 Å². The third-order valence-corrected chi connectivity index (χ3v) is 3.70. The van der Waals surface area contributed by atoms with Crippen LogP contribution in [-0.4, -0.2) is 51.5 Å². The maximum atomic E-state index is 12.1. The van der Waals surface area contributed by atoms with Crippen LogP contribution in [0.5, 0.6) is 0 Å². The smallest absolute Gasteiger partial charge is 0.227 e. The summed E-state index contributed by atoms with van der Waals surface area (Å²) in [7, 11) is 0. The van der Waals surface area contributed by atoms with Crippen molar-refractivity contribution in [3.8, 4) is 0 Å². The lowest BCUT2D eigenvalue weighted by Crippen LogP contribution is -2.45. The lowest BCUT2D eigenvalue weighted by atomic mass is 10.00. The topological polar surface area (TPSA) is 59.6 Å². The molecule has 2 N–H and O–H groups in total. The molecule has 2 rings (SSSR count). The molecule has 0 radical (unpaired) electrons. The van der Waals surface area contributed by atoms with Crippen LogP contribution in [0.3, 0.4) is 0 Å². The minimum atomic E-state index is -0.0468. The molecule has 0 saturated carbocycles. The Balaban J connectivity index is 1.73. The largest absolute Gasteiger partial charge is 0.381 e. The van der Waals surface area contributed by atoms with E-state index in [4.69, 9.17) is 9.47 Å². The van der Waals surface area contributed by atoms with Crippen molar-refractivity contribution in [3.05, 3.63) is 0 Å². The van der Waals surface area contributed by atoms with E-state index in [9.17, 15) is 4.79 Å². The number of nitrogens with one attached hydrogen (secondary N) is 2. The number of carbonyl (C=O) groups excluding carboxylic acids is 1. The normalized spacial score (nSPS) is 32.4. The van der Waals surface area contributed by atoms with Gasteiger partial charge in [0.05, 0.1) is 25.7 Å². The fraction of sp³-hybridized carbons (Fsp3) is 0.923. The first-order chi connectivity index (χ1) is 8.81. The van der Waals surface area contributed by atoms with Crippen LogP contribution >= 0.6 is 0 Å². The van der Waals surface area contributed by atoms with Gasteiger partial charge in [-0.25, -0.2) is 0 Å². The Morgan fingerprint density at radius 2 is 2.17 bits per heavy atom. The van der Waals surface area contributed by atoms with Crippen LogP contribution in [0.1, 0.15) is 19.8 Å². The van der Waals surface area contributed by atoms with Gasteiger partial charge in [-0.15, -0.1) is 0 Å². The van der Waals surface area contributed by atoms with Crippen molar-refractivity contribution in [2.24, 2.45) is 11.8 Å². The van der Waals surface area contributed by atoms with E-state index in [1.54, 1.807) is 0 Å². The summed E-state index contributed by atoms with van der Waals surface area (Å²) in [6.45, 7) is 6.46. The Hall–Kier alpha value is -0.650. The number of rotatable bonds is 5. The van der Waals surface area contributed by atoms with Crippen molar-refractivity contribution in [1.82, 2.24) is 10.6 Å². The van der Waals surface area contributed by atoms with E-state index in [-0.39, 0.29) is 17.9 Å². The summed E-state index contributed by atoms with van der Waals surface area (Å²) in [5.74, 6) is 0.543. The highest BCUT2D eigenvalue weighted by Crippen LogP contribution is 2.15. The van der Waals surface area contributed by atoms with Gasteiger partial charge in [0, 0.05) is 19.2 Å². The van der Waals surface area contributed by atoms with E-state index in [2.05, 4.69) is 10.6 Å². The van der Waals surface area contributed by atoms with Crippen LogP contribution < -0.4 is 10.6 Å². The molecular formula is C13H24N2O3. The van der Waals surface area contributed by atoms with Gasteiger partial charge in [0.15, 0.2) is 0 Å². The van der Waals surface area contributed by atoms with Crippen LogP contribution in [0.4, 0.5) is 0 Å². The van der Waals surface area contributed by atoms with Gasteiger partial charge in [0.2, 0.25) is 5.91 Å². The van der Waals surface area contributed by atoms with Crippen LogP contribution in [0.2, 0.25) is 0 Å². The first-order valence-electron chi connectivity index (χ1n) is 6.97. The number of ether oxygens (including phenoxy) is 2. The lowest BCUT2D eigenvalue weighted by Gasteiger charge is -2.24. The number of carbonyl (C=O) groups is 1. The van der Waals surface area contributed by atoms with E-state index in [1.807, 2.05) is 6.92 Å². The number of likely N-dealkylation sites (N-methyl/N-ethyl adjacent to an activating group) is 1. The number of amides is 1. The van der Waals surface area contributed by atoms with E-state index < -0.39 is 0 Å². The van der Waals surface area contributed by atoms with Gasteiger partial charge in [-0.3, -0.25) is 4.79 Å². The van der Waals surface area contributed by atoms with E-state index in [0.29, 0.717) is 19.1 Å². The quantitative estimate of drug-likeness (QED) is 0.735. The molecule has 2 aliphatic rings. The van der Waals surface area contributed by atoms with Gasteiger partial charge in [0.25, 0.3) is 0 Å². The third kappa shape index (κ3) is 3.67. The van der Waals surface area contributed by atoms with Crippen molar-refractivity contribution in [3.63, 3.8) is 0 Å². The van der Waals surface area contributed by atoms with Gasteiger partial charge < -0.3 is 20.1 Å². The highest BCUT2D eigenvalue weighted by molar-refractivity contribution is 5.79. The maximum Gasteiger partial charge on any atom is 0.227 e. The molecule has 18 heavy (non-hydrogen) atoms. The van der Waals surface area contributed by atoms with Crippen LogP contribution in [-0.2, 0) is 14.3 Å². The SMILES string of the molecule is CCNC1COCC1C(=O)NCC1CCCOC1. The standard InChI is InChI=1S/C13H24N2O3/c1-2-14-12-9-18-8-11(12)13(16)15-6-10-4-3-5-17-7-10/h10-12,14H,2-9H2,1H3,(H,15,16). The second kappa shape index (κ2) is 7.07. The molecule has 0 aromatic carbocycles. The van der Waals surface area contributed by atoms with Crippen molar-refractivity contribution >= 4 is 5.91 Å². The molecule has 1 amide bonds. The molecule has 2 heterocycles. The van der Waals surface area contributed by atoms with Crippen LogP contribution in [0, 0.1) is 11.8 Å². The van der Waals surface area contributed by atoms with Crippen molar-refractivity contribution < 1.29 is 14.3 Å². The van der Waals surface area contributed by atoms with Gasteiger partial charge >= 0.3 is 0 Å². The van der Waals surface area contributed by atoms with E-state index >= 15 is 0 Å². The van der Waals surface area contributed by atoms with Gasteiger partial charge in [-0.05, 0) is 25.3 Å². The zero-order valence-corrected chi connectivity index (χ0v) is 11.1. The average molecular weight is 256 g/mol. The Morgan fingerprint density at radius 3 is 2.89 bits per heavy atom. The molecule has 0 aromatic rings. The van der Waals surface area contributed by atoms with Gasteiger partial charge in [-0.1, -0.05) is 6.92 Å². The summed E-state index contributed by atoms with van der Waals surface area (Å²) < 4.78 is 10.8. The Kier molecular flexibility index (Phi) is 5.41. The highest BCUT2D eigenvalue weighted by Gasteiger charge is 2.33. The molecule has 2 fully saturated rings. The fourth-order valence-electron chi connectivity index (χ4n) is 2.62. The summed E-state index contributed by atoms with van der Waals surface area (Å²) in [4.78, 5) is 12.1. The average Bonchev–Trinajstić information content (AvgIpc) is 2.86. The molecule has 3 atom stereocenters. The molecule has 2 aliphatic heterocycles. The first kappa shape index (κ1) is 13.8. The molecule has 2 saturated heterocycles. The second-order valence-electron chi connectivity index (χ2n) is 5.14. The lowest BCUT2D eigenvalue weighted by molar-refractivity contribution is -0.125. The van der Waals surface area contributed by atoms with Crippen molar-refractivity contribution in [1.29, 1.82) is 0 Å². The summed E-state index contributed by atoms with van der Waals surface area (Å²) >= 11 is 0. The highest BCUT2D eigenvalue weighted by atomic mass is 16.5. The van der Waals surface area contributed by atoms with E-state index in [0.717, 1.165) is 39.1 Å². The summed E-state index contributed by atoms with van der Waals surface area (Å²) in [5, 5.41) is 6.35. The van der Waals surface area contributed by atoms with Gasteiger partial charge in [-0.2, -0.15) is 0 Å². The van der Waals surface area contributed by atoms with E-state index in [1.165, 1.54) is 0 Å². The number of hydrogen-bond donors (Lipinski definition) is 2. The zero-order valence-electron chi connectivity index (χ0n) is 11.1. The molecule has 5 heteroatoms. The Bertz CT molecular complexity index is 267. The van der Waals surface area contributed by atoms with Crippen LogP contribution in [0.25, 0.3) is 0 Å². The molecule has 0 spiro atoms. The molecule has 0 aromatic heterocycles. The Labute approximate surface area is 109 Å². The fourth-order valence-corrected chi connectivity index (χ4v) is 2.62. The molecule has 0 bridgehead atoms. The molecule has 5 nitrogen and oxygen atoms in total. The molecule has 3 unspecified atom stereocenters. The van der Waals surface area contributed by atoms with Crippen LogP contribution in [0.15, 0.2) is 0 Å². The summed E-state index contributed by atoms with van der Waals surface area (Å²) in [5.41, 5.74) is 0. The Morgan fingerprint density at radius 1 is 1.28 bits per heavy atom. The monoisotopic (exact) mass is 256 g/mol. The predicted octanol–water partition coefficient (Wildman–Crippen LogP) is 0.154. The number of hydrogen-bond acceptors (Lipinski definition) is 4. The zero-order chi connectivity index (χ0) is 12.8. The summed E-state index contributed by atoms with van der Waals surface area (Å²) in [6.07, 6.45) is 2.26. The molecule has 0 aliphatic carbocycles. The maximum absolute atomic E-state index is 12.1. The second-order valence-corrected chi connectivity index (χ2v) is 5.14. The molecular weight excluding hydrogens is 232 g/mol. The van der Waals surface area contributed by atoms with Crippen molar-refractivity contribution in [2.75, 3.05) is 39.5 Å². The minimum Gasteiger partial charge on any atom is -0.381 e. The third-order valence-electron chi connectivity index (χ3n) is 3.70. The summed E-state index contributed by atoms with van der Waals surface area (Å²) in [6, 6.07) is 0.164. The predicted molar refractivity (Wildman–Crippen MR) is 68.3 cm³/mol. The van der Waals surface area contributed by atoms with Crippen molar-refractivity contribution in [2.45, 2.75) is 25.8 Å². The minimum absolute atomic E-state index is 0.0468. The first-order valence-corrected chi connectivity index (χ1v) is 6.97. The molecule has 104 valence electrons.